The lowest BCUT2D eigenvalue weighted by Crippen LogP contribution is -2.53. The second-order valence-corrected chi connectivity index (χ2v) is 4.94. The standard InChI is InChI=1S/C15H22N2O/c1-13-15(18)17(12-10-16-13)11-6-5-9-14-7-3-2-4-8-14/h2-4,7-8,13,16H,5-6,9-12H2,1H3. The molecule has 1 atom stereocenters. The van der Waals surface area contributed by atoms with E-state index in [1.54, 1.807) is 0 Å². The molecule has 1 amide bonds. The van der Waals surface area contributed by atoms with Gasteiger partial charge < -0.3 is 10.2 Å². The van der Waals surface area contributed by atoms with Crippen molar-refractivity contribution in [1.29, 1.82) is 0 Å². The molecule has 0 bridgehead atoms. The lowest BCUT2D eigenvalue weighted by molar-refractivity contribution is -0.135. The Hall–Kier alpha value is -1.35. The van der Waals surface area contributed by atoms with Gasteiger partial charge in [-0.1, -0.05) is 30.3 Å². The Kier molecular flexibility index (Phi) is 4.76. The van der Waals surface area contributed by atoms with Crippen molar-refractivity contribution in [2.24, 2.45) is 0 Å². The first kappa shape index (κ1) is 13.1. The summed E-state index contributed by atoms with van der Waals surface area (Å²) in [5, 5.41) is 3.19. The molecule has 1 aromatic carbocycles. The third kappa shape index (κ3) is 3.57. The fraction of sp³-hybridized carbons (Fsp3) is 0.533. The summed E-state index contributed by atoms with van der Waals surface area (Å²) in [4.78, 5) is 13.8. The first-order valence-electron chi connectivity index (χ1n) is 6.83. The number of piperazine rings is 1. The highest BCUT2D eigenvalue weighted by Gasteiger charge is 2.23. The zero-order valence-electron chi connectivity index (χ0n) is 11.1. The summed E-state index contributed by atoms with van der Waals surface area (Å²) < 4.78 is 0. The van der Waals surface area contributed by atoms with Crippen LogP contribution in [0, 0.1) is 0 Å². The van der Waals surface area contributed by atoms with E-state index in [1.165, 1.54) is 5.56 Å². The smallest absolute Gasteiger partial charge is 0.239 e. The van der Waals surface area contributed by atoms with Crippen molar-refractivity contribution in [1.82, 2.24) is 10.2 Å². The van der Waals surface area contributed by atoms with E-state index in [0.717, 1.165) is 38.9 Å². The zero-order chi connectivity index (χ0) is 12.8. The van der Waals surface area contributed by atoms with E-state index >= 15 is 0 Å². The van der Waals surface area contributed by atoms with E-state index in [4.69, 9.17) is 0 Å². The number of nitrogens with zero attached hydrogens (tertiary/aromatic N) is 1. The van der Waals surface area contributed by atoms with Crippen LogP contribution in [-0.4, -0.2) is 36.5 Å². The molecule has 3 heteroatoms. The third-order valence-corrected chi connectivity index (χ3v) is 3.50. The second kappa shape index (κ2) is 6.55. The van der Waals surface area contributed by atoms with Crippen molar-refractivity contribution in [3.05, 3.63) is 35.9 Å². The molecule has 0 aromatic heterocycles. The van der Waals surface area contributed by atoms with Crippen LogP contribution >= 0.6 is 0 Å². The van der Waals surface area contributed by atoms with Gasteiger partial charge in [0.25, 0.3) is 0 Å². The van der Waals surface area contributed by atoms with Crippen LogP contribution in [0.25, 0.3) is 0 Å². The molecule has 1 N–H and O–H groups in total. The Morgan fingerprint density at radius 3 is 2.83 bits per heavy atom. The maximum absolute atomic E-state index is 11.9. The average molecular weight is 246 g/mol. The van der Waals surface area contributed by atoms with Crippen LogP contribution in [-0.2, 0) is 11.2 Å². The summed E-state index contributed by atoms with van der Waals surface area (Å²) in [6, 6.07) is 10.5. The topological polar surface area (TPSA) is 32.3 Å². The highest BCUT2D eigenvalue weighted by atomic mass is 16.2. The minimum atomic E-state index is -0.00660. The number of unbranched alkanes of at least 4 members (excludes halogenated alkanes) is 1. The van der Waals surface area contributed by atoms with Gasteiger partial charge in [0, 0.05) is 19.6 Å². The zero-order valence-corrected chi connectivity index (χ0v) is 11.1. The fourth-order valence-corrected chi connectivity index (χ4v) is 2.39. The second-order valence-electron chi connectivity index (χ2n) is 4.94. The Balaban J connectivity index is 1.68. The summed E-state index contributed by atoms with van der Waals surface area (Å²) in [7, 11) is 0. The number of benzene rings is 1. The summed E-state index contributed by atoms with van der Waals surface area (Å²) in [5.74, 6) is 0.251. The number of amides is 1. The molecule has 0 saturated carbocycles. The SMILES string of the molecule is CC1NCCN(CCCCc2ccccc2)C1=O. The molecular formula is C15H22N2O. The van der Waals surface area contributed by atoms with Crippen molar-refractivity contribution in [3.63, 3.8) is 0 Å². The molecule has 1 fully saturated rings. The van der Waals surface area contributed by atoms with Gasteiger partial charge in [0.1, 0.15) is 0 Å². The molecule has 18 heavy (non-hydrogen) atoms. The largest absolute Gasteiger partial charge is 0.340 e. The van der Waals surface area contributed by atoms with Crippen LogP contribution in [0.3, 0.4) is 0 Å². The maximum atomic E-state index is 11.9. The number of carbonyl (C=O) groups excluding carboxylic acids is 1. The highest BCUT2D eigenvalue weighted by molar-refractivity contribution is 5.82. The molecule has 0 spiro atoms. The molecule has 1 aromatic rings. The van der Waals surface area contributed by atoms with Crippen molar-refractivity contribution in [2.45, 2.75) is 32.2 Å². The first-order chi connectivity index (χ1) is 8.77. The summed E-state index contributed by atoms with van der Waals surface area (Å²) in [6.07, 6.45) is 3.35. The molecule has 1 aliphatic heterocycles. The Labute approximate surface area is 109 Å². The van der Waals surface area contributed by atoms with Gasteiger partial charge in [0.05, 0.1) is 6.04 Å². The molecule has 3 nitrogen and oxygen atoms in total. The maximum Gasteiger partial charge on any atom is 0.239 e. The van der Waals surface area contributed by atoms with Crippen LogP contribution in [0.15, 0.2) is 30.3 Å². The number of hydrogen-bond acceptors (Lipinski definition) is 2. The molecule has 1 saturated heterocycles. The number of nitrogens with one attached hydrogen (secondary N) is 1. The van der Waals surface area contributed by atoms with Gasteiger partial charge in [-0.2, -0.15) is 0 Å². The predicted octanol–water partition coefficient (Wildman–Crippen LogP) is 1.83. The van der Waals surface area contributed by atoms with Crippen LogP contribution in [0.4, 0.5) is 0 Å². The normalized spacial score (nSPS) is 20.2. The highest BCUT2D eigenvalue weighted by Crippen LogP contribution is 2.07. The molecule has 0 aliphatic carbocycles. The van der Waals surface area contributed by atoms with Gasteiger partial charge in [-0.15, -0.1) is 0 Å². The summed E-state index contributed by atoms with van der Waals surface area (Å²) in [5.41, 5.74) is 1.39. The quantitative estimate of drug-likeness (QED) is 0.804. The number of rotatable bonds is 5. The summed E-state index contributed by atoms with van der Waals surface area (Å²) >= 11 is 0. The van der Waals surface area contributed by atoms with Gasteiger partial charge in [0.2, 0.25) is 5.91 Å². The Morgan fingerprint density at radius 2 is 2.06 bits per heavy atom. The monoisotopic (exact) mass is 246 g/mol. The lowest BCUT2D eigenvalue weighted by atomic mass is 10.1. The van der Waals surface area contributed by atoms with E-state index in [2.05, 4.69) is 29.6 Å². The van der Waals surface area contributed by atoms with Crippen molar-refractivity contribution >= 4 is 5.91 Å². The van der Waals surface area contributed by atoms with Crippen LogP contribution in [0.2, 0.25) is 0 Å². The average Bonchev–Trinajstić information content (AvgIpc) is 2.40. The molecule has 98 valence electrons. The van der Waals surface area contributed by atoms with E-state index in [0.29, 0.717) is 0 Å². The minimum Gasteiger partial charge on any atom is -0.340 e. The van der Waals surface area contributed by atoms with Crippen LogP contribution in [0.5, 0.6) is 0 Å². The Morgan fingerprint density at radius 1 is 1.28 bits per heavy atom. The lowest BCUT2D eigenvalue weighted by Gasteiger charge is -2.31. The number of hydrogen-bond donors (Lipinski definition) is 1. The van der Waals surface area contributed by atoms with Gasteiger partial charge in [-0.05, 0) is 31.7 Å². The van der Waals surface area contributed by atoms with Gasteiger partial charge in [-0.25, -0.2) is 0 Å². The van der Waals surface area contributed by atoms with Gasteiger partial charge >= 0.3 is 0 Å². The predicted molar refractivity (Wildman–Crippen MR) is 73.4 cm³/mol. The van der Waals surface area contributed by atoms with E-state index < -0.39 is 0 Å². The van der Waals surface area contributed by atoms with Crippen molar-refractivity contribution in [3.8, 4) is 0 Å². The number of carbonyl (C=O) groups is 1. The van der Waals surface area contributed by atoms with Gasteiger partial charge in [-0.3, -0.25) is 4.79 Å². The van der Waals surface area contributed by atoms with Crippen LogP contribution < -0.4 is 5.32 Å². The van der Waals surface area contributed by atoms with Crippen LogP contribution in [0.1, 0.15) is 25.3 Å². The number of aryl methyl sites for hydroxylation is 1. The molecule has 2 rings (SSSR count). The molecule has 1 aliphatic rings. The minimum absolute atomic E-state index is 0.00660. The van der Waals surface area contributed by atoms with Gasteiger partial charge in [0.15, 0.2) is 0 Å². The molecular weight excluding hydrogens is 224 g/mol. The first-order valence-corrected chi connectivity index (χ1v) is 6.83. The van der Waals surface area contributed by atoms with Crippen molar-refractivity contribution in [2.75, 3.05) is 19.6 Å². The fourth-order valence-electron chi connectivity index (χ4n) is 2.39. The Bertz CT molecular complexity index is 377. The van der Waals surface area contributed by atoms with E-state index in [-0.39, 0.29) is 11.9 Å². The molecule has 1 heterocycles. The van der Waals surface area contributed by atoms with E-state index in [9.17, 15) is 4.79 Å². The molecule has 1 unspecified atom stereocenters. The summed E-state index contributed by atoms with van der Waals surface area (Å²) in [6.45, 7) is 4.62. The van der Waals surface area contributed by atoms with E-state index in [1.807, 2.05) is 17.9 Å². The molecule has 0 radical (unpaired) electrons. The third-order valence-electron chi connectivity index (χ3n) is 3.50. The van der Waals surface area contributed by atoms with Crippen molar-refractivity contribution < 1.29 is 4.79 Å².